The molecule has 2 atom stereocenters. The topological polar surface area (TPSA) is 0 Å². The summed E-state index contributed by atoms with van der Waals surface area (Å²) < 4.78 is 0. The third-order valence-electron chi connectivity index (χ3n) is 3.12. The molecule has 0 N–H and O–H groups in total. The highest BCUT2D eigenvalue weighted by Gasteiger charge is 2.22. The first-order chi connectivity index (χ1) is 6.89. The number of hydrogen-bond donors (Lipinski definition) is 0. The van der Waals surface area contributed by atoms with E-state index in [1.165, 1.54) is 12.0 Å². The quantitative estimate of drug-likeness (QED) is 0.674. The van der Waals surface area contributed by atoms with Gasteiger partial charge in [-0.1, -0.05) is 43.6 Å². The molecule has 1 heterocycles. The van der Waals surface area contributed by atoms with Gasteiger partial charge in [-0.25, -0.2) is 0 Å². The Morgan fingerprint density at radius 2 is 2.07 bits per heavy atom. The molecule has 2 unspecified atom stereocenters. The van der Waals surface area contributed by atoms with Gasteiger partial charge < -0.3 is 0 Å². The second-order valence-corrected chi connectivity index (χ2v) is 7.51. The van der Waals surface area contributed by atoms with Crippen LogP contribution in [0.1, 0.15) is 39.7 Å². The zero-order valence-corrected chi connectivity index (χ0v) is 12.5. The van der Waals surface area contributed by atoms with Gasteiger partial charge in [-0.05, 0) is 46.6 Å². The first-order valence-electron chi connectivity index (χ1n) is 5.54. The SMILES string of the molecule is CC(CC(Br)Cc1ccsc1)C(C)(C)C. The van der Waals surface area contributed by atoms with Crippen molar-refractivity contribution in [2.75, 3.05) is 0 Å². The van der Waals surface area contributed by atoms with Crippen LogP contribution in [0.25, 0.3) is 0 Å². The molecule has 1 aromatic heterocycles. The second-order valence-electron chi connectivity index (χ2n) is 5.44. The van der Waals surface area contributed by atoms with Crippen LogP contribution in [0.5, 0.6) is 0 Å². The van der Waals surface area contributed by atoms with Crippen LogP contribution in [0, 0.1) is 11.3 Å². The summed E-state index contributed by atoms with van der Waals surface area (Å²) in [4.78, 5) is 0.612. The van der Waals surface area contributed by atoms with E-state index in [9.17, 15) is 0 Å². The van der Waals surface area contributed by atoms with Crippen LogP contribution >= 0.6 is 27.3 Å². The highest BCUT2D eigenvalue weighted by Crippen LogP contribution is 2.31. The zero-order valence-electron chi connectivity index (χ0n) is 10.1. The molecule has 2 heteroatoms. The highest BCUT2D eigenvalue weighted by atomic mass is 79.9. The van der Waals surface area contributed by atoms with Gasteiger partial charge in [0, 0.05) is 4.83 Å². The standard InChI is InChI=1S/C13H21BrS/c1-10(13(2,3)4)7-12(14)8-11-5-6-15-9-11/h5-6,9-10,12H,7-8H2,1-4H3. The first kappa shape index (κ1) is 13.2. The highest BCUT2D eigenvalue weighted by molar-refractivity contribution is 9.09. The van der Waals surface area contributed by atoms with Gasteiger partial charge in [0.15, 0.2) is 0 Å². The number of thiophene rings is 1. The Balaban J connectivity index is 2.39. The lowest BCUT2D eigenvalue weighted by Crippen LogP contribution is -2.21. The van der Waals surface area contributed by atoms with Crippen LogP contribution in [-0.4, -0.2) is 4.83 Å². The summed E-state index contributed by atoms with van der Waals surface area (Å²) in [5.41, 5.74) is 1.88. The molecule has 0 amide bonds. The summed E-state index contributed by atoms with van der Waals surface area (Å²) in [7, 11) is 0. The van der Waals surface area contributed by atoms with E-state index < -0.39 is 0 Å². The minimum atomic E-state index is 0.417. The van der Waals surface area contributed by atoms with Crippen LogP contribution in [0.2, 0.25) is 0 Å². The molecule has 0 bridgehead atoms. The molecule has 86 valence electrons. The van der Waals surface area contributed by atoms with Crippen molar-refractivity contribution < 1.29 is 0 Å². The van der Waals surface area contributed by atoms with Crippen molar-refractivity contribution >= 4 is 27.3 Å². The van der Waals surface area contributed by atoms with Crippen molar-refractivity contribution in [1.29, 1.82) is 0 Å². The monoisotopic (exact) mass is 288 g/mol. The molecule has 0 aliphatic carbocycles. The Kier molecular flexibility index (Phi) is 4.85. The van der Waals surface area contributed by atoms with E-state index in [0.29, 0.717) is 10.2 Å². The molecular formula is C13H21BrS. The minimum absolute atomic E-state index is 0.417. The lowest BCUT2D eigenvalue weighted by atomic mass is 9.79. The van der Waals surface area contributed by atoms with E-state index >= 15 is 0 Å². The third kappa shape index (κ3) is 4.69. The van der Waals surface area contributed by atoms with Crippen LogP contribution < -0.4 is 0 Å². The van der Waals surface area contributed by atoms with Gasteiger partial charge in [0.2, 0.25) is 0 Å². The smallest absolute Gasteiger partial charge is 0.0189 e. The van der Waals surface area contributed by atoms with Crippen LogP contribution in [0.3, 0.4) is 0 Å². The zero-order chi connectivity index (χ0) is 11.5. The summed E-state index contributed by atoms with van der Waals surface area (Å²) >= 11 is 5.58. The van der Waals surface area contributed by atoms with Crippen LogP contribution in [0.15, 0.2) is 16.8 Å². The molecule has 0 fully saturated rings. The van der Waals surface area contributed by atoms with Crippen molar-refractivity contribution in [2.45, 2.75) is 45.4 Å². The van der Waals surface area contributed by atoms with E-state index in [2.05, 4.69) is 60.5 Å². The van der Waals surface area contributed by atoms with Crippen molar-refractivity contribution in [3.8, 4) is 0 Å². The van der Waals surface area contributed by atoms with Crippen molar-refractivity contribution in [2.24, 2.45) is 11.3 Å². The lowest BCUT2D eigenvalue weighted by Gasteiger charge is -2.29. The molecule has 15 heavy (non-hydrogen) atoms. The normalized spacial score (nSPS) is 16.3. The van der Waals surface area contributed by atoms with Gasteiger partial charge in [0.05, 0.1) is 0 Å². The van der Waals surface area contributed by atoms with E-state index in [-0.39, 0.29) is 0 Å². The average Bonchev–Trinajstić information content (AvgIpc) is 2.54. The molecule has 0 saturated carbocycles. The average molecular weight is 289 g/mol. The molecule has 0 radical (unpaired) electrons. The number of alkyl halides is 1. The molecule has 0 aromatic carbocycles. The van der Waals surface area contributed by atoms with Crippen molar-refractivity contribution in [3.63, 3.8) is 0 Å². The lowest BCUT2D eigenvalue weighted by molar-refractivity contribution is 0.246. The summed E-state index contributed by atoms with van der Waals surface area (Å²) in [5.74, 6) is 0.750. The molecule has 1 rings (SSSR count). The summed E-state index contributed by atoms with van der Waals surface area (Å²) in [6, 6.07) is 2.22. The van der Waals surface area contributed by atoms with Crippen LogP contribution in [0.4, 0.5) is 0 Å². The Morgan fingerprint density at radius 3 is 2.53 bits per heavy atom. The summed E-state index contributed by atoms with van der Waals surface area (Å²) in [6.45, 7) is 9.31. The van der Waals surface area contributed by atoms with E-state index in [1.807, 2.05) is 0 Å². The van der Waals surface area contributed by atoms with Gasteiger partial charge in [0.1, 0.15) is 0 Å². The Labute approximate surface area is 106 Å². The number of rotatable bonds is 4. The molecule has 0 spiro atoms. The maximum Gasteiger partial charge on any atom is 0.0189 e. The summed E-state index contributed by atoms with van der Waals surface area (Å²) in [5, 5.41) is 4.40. The third-order valence-corrected chi connectivity index (χ3v) is 4.55. The molecule has 0 saturated heterocycles. The van der Waals surface area contributed by atoms with Gasteiger partial charge >= 0.3 is 0 Å². The van der Waals surface area contributed by atoms with Gasteiger partial charge in [-0.3, -0.25) is 0 Å². The summed E-state index contributed by atoms with van der Waals surface area (Å²) in [6.07, 6.45) is 2.41. The van der Waals surface area contributed by atoms with Gasteiger partial charge in [-0.15, -0.1) is 0 Å². The largest absolute Gasteiger partial charge is 0.152 e. The van der Waals surface area contributed by atoms with Gasteiger partial charge in [0.25, 0.3) is 0 Å². The maximum atomic E-state index is 3.80. The number of hydrogen-bond acceptors (Lipinski definition) is 1. The Morgan fingerprint density at radius 1 is 1.40 bits per heavy atom. The number of halogens is 1. The maximum absolute atomic E-state index is 3.80. The predicted octanol–water partition coefficient (Wildman–Crippen LogP) is 5.13. The van der Waals surface area contributed by atoms with Crippen LogP contribution in [-0.2, 0) is 6.42 Å². The fourth-order valence-corrected chi connectivity index (χ4v) is 3.10. The second kappa shape index (κ2) is 5.49. The van der Waals surface area contributed by atoms with E-state index in [1.54, 1.807) is 11.3 Å². The molecule has 0 nitrogen and oxygen atoms in total. The Hall–Kier alpha value is 0.180. The van der Waals surface area contributed by atoms with Crippen molar-refractivity contribution in [3.05, 3.63) is 22.4 Å². The molecule has 0 aliphatic heterocycles. The first-order valence-corrected chi connectivity index (χ1v) is 7.40. The Bertz CT molecular complexity index is 271. The fourth-order valence-electron chi connectivity index (χ4n) is 1.49. The van der Waals surface area contributed by atoms with Crippen molar-refractivity contribution in [1.82, 2.24) is 0 Å². The van der Waals surface area contributed by atoms with Gasteiger partial charge in [-0.2, -0.15) is 11.3 Å². The fraction of sp³-hybridized carbons (Fsp3) is 0.692. The molecule has 1 aromatic rings. The van der Waals surface area contributed by atoms with E-state index in [4.69, 9.17) is 0 Å². The molecule has 0 aliphatic rings. The predicted molar refractivity (Wildman–Crippen MR) is 74.0 cm³/mol. The molecular weight excluding hydrogens is 268 g/mol. The van der Waals surface area contributed by atoms with E-state index in [0.717, 1.165) is 12.3 Å². The minimum Gasteiger partial charge on any atom is -0.152 e.